The average molecular weight is 505 g/mol. The second-order valence-corrected chi connectivity index (χ2v) is 11.7. The third-order valence-electron chi connectivity index (χ3n) is 9.10. The summed E-state index contributed by atoms with van der Waals surface area (Å²) in [5.74, 6) is 0.715. The molecule has 0 spiro atoms. The number of benzene rings is 1. The van der Waals surface area contributed by atoms with Gasteiger partial charge in [0.15, 0.2) is 5.65 Å². The summed E-state index contributed by atoms with van der Waals surface area (Å²) < 4.78 is 30.2. The quantitative estimate of drug-likeness (QED) is 0.545. The average Bonchev–Trinajstić information content (AvgIpc) is 3.38. The molecule has 5 fully saturated rings. The molecule has 3 heterocycles. The van der Waals surface area contributed by atoms with Gasteiger partial charge < -0.3 is 10.2 Å². The highest BCUT2D eigenvalue weighted by Gasteiger charge is 2.51. The van der Waals surface area contributed by atoms with Gasteiger partial charge in [-0.25, -0.2) is 13.8 Å². The minimum absolute atomic E-state index is 0.0392. The maximum absolute atomic E-state index is 15.0. The molecule has 8 rings (SSSR count). The molecule has 4 aliphatic carbocycles. The molecule has 5 aliphatic rings. The Kier molecular flexibility index (Phi) is 5.17. The molecule has 2 aromatic heterocycles. The van der Waals surface area contributed by atoms with Crippen LogP contribution >= 0.6 is 0 Å². The van der Waals surface area contributed by atoms with Gasteiger partial charge in [0.05, 0.1) is 11.1 Å². The van der Waals surface area contributed by atoms with Gasteiger partial charge in [0.25, 0.3) is 5.91 Å². The Balaban J connectivity index is 1.34. The Labute approximate surface area is 213 Å². The normalized spacial score (nSPS) is 28.3. The van der Waals surface area contributed by atoms with Crippen molar-refractivity contribution in [1.82, 2.24) is 14.9 Å². The van der Waals surface area contributed by atoms with Crippen LogP contribution in [0.3, 0.4) is 0 Å². The van der Waals surface area contributed by atoms with Gasteiger partial charge in [-0.05, 0) is 93.4 Å². The molecule has 1 saturated heterocycles. The van der Waals surface area contributed by atoms with Gasteiger partial charge in [0, 0.05) is 30.9 Å². The summed E-state index contributed by atoms with van der Waals surface area (Å²) in [5.41, 5.74) is -0.427. The maximum atomic E-state index is 15.0. The van der Waals surface area contributed by atoms with Crippen LogP contribution < -0.4 is 15.6 Å². The topological polar surface area (TPSA) is 67.2 Å². The van der Waals surface area contributed by atoms with Crippen LogP contribution in [-0.4, -0.2) is 34.1 Å². The summed E-state index contributed by atoms with van der Waals surface area (Å²) in [4.78, 5) is 34.2. The van der Waals surface area contributed by atoms with Crippen LogP contribution in [0.25, 0.3) is 16.7 Å². The summed E-state index contributed by atoms with van der Waals surface area (Å²) in [6, 6.07) is 6.76. The molecule has 0 atom stereocenters. The fraction of sp³-hybridized carbons (Fsp3) is 0.483. The van der Waals surface area contributed by atoms with Gasteiger partial charge in [0.1, 0.15) is 23.0 Å². The van der Waals surface area contributed by atoms with Crippen LogP contribution in [0, 0.1) is 29.4 Å². The zero-order valence-electron chi connectivity index (χ0n) is 20.7. The number of fused-ring (bicyclic) bond motifs is 1. The Bertz CT molecular complexity index is 1440. The van der Waals surface area contributed by atoms with Gasteiger partial charge in [-0.1, -0.05) is 0 Å². The van der Waals surface area contributed by atoms with Crippen molar-refractivity contribution < 1.29 is 13.6 Å². The number of amides is 1. The van der Waals surface area contributed by atoms with Crippen molar-refractivity contribution in [2.75, 3.05) is 18.0 Å². The third kappa shape index (κ3) is 3.83. The second-order valence-electron chi connectivity index (χ2n) is 11.7. The van der Waals surface area contributed by atoms with Crippen LogP contribution in [0.2, 0.25) is 0 Å². The number of nitrogens with one attached hydrogen (secondary N) is 1. The zero-order chi connectivity index (χ0) is 25.3. The maximum Gasteiger partial charge on any atom is 0.257 e. The van der Waals surface area contributed by atoms with Crippen molar-refractivity contribution in [3.63, 3.8) is 0 Å². The predicted octanol–water partition coefficient (Wildman–Crippen LogP) is 4.96. The molecule has 4 saturated carbocycles. The van der Waals surface area contributed by atoms with E-state index in [1.807, 2.05) is 0 Å². The minimum Gasteiger partial charge on any atom is -0.357 e. The summed E-state index contributed by atoms with van der Waals surface area (Å²) >= 11 is 0. The van der Waals surface area contributed by atoms with Crippen LogP contribution in [0.4, 0.5) is 14.6 Å². The van der Waals surface area contributed by atoms with E-state index in [9.17, 15) is 14.0 Å². The van der Waals surface area contributed by atoms with E-state index < -0.39 is 23.0 Å². The van der Waals surface area contributed by atoms with E-state index in [0.29, 0.717) is 23.6 Å². The second kappa shape index (κ2) is 8.36. The molecule has 1 amide bonds. The first-order chi connectivity index (χ1) is 17.9. The first-order valence-electron chi connectivity index (χ1n) is 13.5. The van der Waals surface area contributed by atoms with Crippen LogP contribution in [0.5, 0.6) is 0 Å². The first kappa shape index (κ1) is 22.9. The number of hydrogen-bond donors (Lipinski definition) is 1. The fourth-order valence-corrected chi connectivity index (χ4v) is 7.91. The Hall–Kier alpha value is -3.29. The van der Waals surface area contributed by atoms with Crippen molar-refractivity contribution in [1.29, 1.82) is 0 Å². The molecule has 0 radical (unpaired) electrons. The summed E-state index contributed by atoms with van der Waals surface area (Å²) in [7, 11) is 0. The van der Waals surface area contributed by atoms with E-state index in [2.05, 4.69) is 10.2 Å². The third-order valence-corrected chi connectivity index (χ3v) is 9.10. The smallest absolute Gasteiger partial charge is 0.257 e. The molecule has 1 N–H and O–H groups in total. The lowest BCUT2D eigenvalue weighted by atomic mass is 9.53. The highest BCUT2D eigenvalue weighted by atomic mass is 19.1. The summed E-state index contributed by atoms with van der Waals surface area (Å²) in [5, 5.41) is 3.51. The standard InChI is InChI=1S/C29H30F2N4O2/c30-20-3-5-24(23(31)12-20)35-16-22(26(36)21-4-6-25(32-27(21)35)34-7-1-2-8-34)28(37)33-29-13-17-9-18(14-29)11-19(10-17)15-29/h3-6,12,16-19H,1-2,7-11,13-15H2,(H,33,37). The number of pyridine rings is 2. The Morgan fingerprint density at radius 1 is 0.973 bits per heavy atom. The number of anilines is 1. The molecule has 4 bridgehead atoms. The van der Waals surface area contributed by atoms with Crippen LogP contribution in [0.1, 0.15) is 61.7 Å². The van der Waals surface area contributed by atoms with E-state index in [1.54, 1.807) is 12.1 Å². The van der Waals surface area contributed by atoms with Crippen LogP contribution in [0.15, 0.2) is 41.3 Å². The summed E-state index contributed by atoms with van der Waals surface area (Å²) in [6.07, 6.45) is 10.1. The molecule has 1 aromatic carbocycles. The van der Waals surface area contributed by atoms with Gasteiger partial charge in [-0.15, -0.1) is 0 Å². The van der Waals surface area contributed by atoms with E-state index in [0.717, 1.165) is 51.3 Å². The number of nitrogens with zero attached hydrogens (tertiary/aromatic N) is 3. The lowest BCUT2D eigenvalue weighted by Gasteiger charge is -2.56. The molecular weight excluding hydrogens is 474 g/mol. The molecule has 1 aliphatic heterocycles. The van der Waals surface area contributed by atoms with Crippen molar-refractivity contribution in [2.45, 2.75) is 56.9 Å². The zero-order valence-corrected chi connectivity index (χ0v) is 20.7. The predicted molar refractivity (Wildman–Crippen MR) is 137 cm³/mol. The molecule has 192 valence electrons. The van der Waals surface area contributed by atoms with E-state index in [1.165, 1.54) is 42.2 Å². The number of rotatable bonds is 4. The number of halogens is 2. The largest absolute Gasteiger partial charge is 0.357 e. The molecule has 37 heavy (non-hydrogen) atoms. The minimum atomic E-state index is -0.786. The highest BCUT2D eigenvalue weighted by molar-refractivity contribution is 5.97. The van der Waals surface area contributed by atoms with Gasteiger partial charge in [-0.3, -0.25) is 14.2 Å². The first-order valence-corrected chi connectivity index (χ1v) is 13.5. The van der Waals surface area contributed by atoms with E-state index in [-0.39, 0.29) is 27.8 Å². The number of carbonyl (C=O) groups excluding carboxylic acids is 1. The Morgan fingerprint density at radius 2 is 1.65 bits per heavy atom. The number of carbonyl (C=O) groups is 1. The molecule has 8 heteroatoms. The van der Waals surface area contributed by atoms with E-state index in [4.69, 9.17) is 4.98 Å². The molecule has 6 nitrogen and oxygen atoms in total. The van der Waals surface area contributed by atoms with Crippen molar-refractivity contribution >= 4 is 22.8 Å². The van der Waals surface area contributed by atoms with Gasteiger partial charge in [-0.2, -0.15) is 0 Å². The molecular formula is C29H30F2N4O2. The van der Waals surface area contributed by atoms with E-state index >= 15 is 4.39 Å². The van der Waals surface area contributed by atoms with Gasteiger partial charge >= 0.3 is 0 Å². The van der Waals surface area contributed by atoms with Crippen LogP contribution in [-0.2, 0) is 0 Å². The SMILES string of the molecule is O=C(NC12CC3CC(CC(C3)C1)C2)c1cn(-c2ccc(F)cc2F)c2nc(N3CCCC3)ccc2c1=O. The lowest BCUT2D eigenvalue weighted by molar-refractivity contribution is -0.0167. The number of aromatic nitrogens is 2. The fourth-order valence-electron chi connectivity index (χ4n) is 7.91. The lowest BCUT2D eigenvalue weighted by Crippen LogP contribution is -2.60. The summed E-state index contributed by atoms with van der Waals surface area (Å²) in [6.45, 7) is 1.72. The van der Waals surface area contributed by atoms with Crippen molar-refractivity contribution in [2.24, 2.45) is 17.8 Å². The van der Waals surface area contributed by atoms with Gasteiger partial charge in [0.2, 0.25) is 5.43 Å². The van der Waals surface area contributed by atoms with Crippen molar-refractivity contribution in [3.8, 4) is 5.69 Å². The van der Waals surface area contributed by atoms with Crippen molar-refractivity contribution in [3.05, 3.63) is 63.9 Å². The number of hydrogen-bond acceptors (Lipinski definition) is 4. The highest BCUT2D eigenvalue weighted by Crippen LogP contribution is 2.55. The monoisotopic (exact) mass is 504 g/mol. The molecule has 3 aromatic rings. The molecule has 0 unspecified atom stereocenters. The Morgan fingerprint density at radius 3 is 2.30 bits per heavy atom.